The number of hydrogen-bond acceptors (Lipinski definition) is 0. The van der Waals surface area contributed by atoms with Crippen LogP contribution in [0.1, 0.15) is 19.4 Å². The lowest BCUT2D eigenvalue weighted by Crippen LogP contribution is -3.00. The van der Waals surface area contributed by atoms with Gasteiger partial charge in [0.2, 0.25) is 0 Å². The van der Waals surface area contributed by atoms with Crippen LogP contribution in [0.2, 0.25) is 0 Å². The summed E-state index contributed by atoms with van der Waals surface area (Å²) in [6, 6.07) is 10.1. The minimum Gasteiger partial charge on any atom is -1.00 e. The van der Waals surface area contributed by atoms with Gasteiger partial charge in [-0.1, -0.05) is 29.7 Å². The largest absolute Gasteiger partial charge is 1.00 e. The molecule has 0 heterocycles. The monoisotopic (exact) mass is 263 g/mol. The maximum absolute atomic E-state index is 3.26. The van der Waals surface area contributed by atoms with Gasteiger partial charge in [0.1, 0.15) is 6.54 Å². The summed E-state index contributed by atoms with van der Waals surface area (Å²) in [6.07, 6.45) is 2.27. The number of allylic oxidation sites excluding steroid dienone is 1. The van der Waals surface area contributed by atoms with E-state index in [2.05, 4.69) is 45.9 Å². The second kappa shape index (κ2) is 7.97. The Bertz CT molecular complexity index is 431. The molecule has 1 rings (SSSR count). The Morgan fingerprint density at radius 2 is 1.78 bits per heavy atom. The van der Waals surface area contributed by atoms with Crippen LogP contribution >= 0.6 is 0 Å². The molecule has 0 aliphatic heterocycles. The van der Waals surface area contributed by atoms with Crippen LogP contribution in [0.4, 0.5) is 0 Å². The molecule has 0 fully saturated rings. The first kappa shape index (κ1) is 16.8. The van der Waals surface area contributed by atoms with E-state index in [9.17, 15) is 0 Å². The van der Waals surface area contributed by atoms with Gasteiger partial charge in [0.05, 0.1) is 20.6 Å². The van der Waals surface area contributed by atoms with Crippen LogP contribution in [0.3, 0.4) is 0 Å². The van der Waals surface area contributed by atoms with Crippen LogP contribution in [-0.2, 0) is 0 Å². The lowest BCUT2D eigenvalue weighted by molar-refractivity contribution is -0.877. The van der Waals surface area contributed by atoms with E-state index in [1.807, 2.05) is 30.3 Å². The van der Waals surface area contributed by atoms with E-state index in [0.717, 1.165) is 23.1 Å². The summed E-state index contributed by atoms with van der Waals surface area (Å²) in [5, 5.41) is 0. The molecule has 0 saturated carbocycles. The minimum absolute atomic E-state index is 0. The van der Waals surface area contributed by atoms with Crippen molar-refractivity contribution < 1.29 is 16.9 Å². The summed E-state index contributed by atoms with van der Waals surface area (Å²) in [7, 11) is 4.41. The summed E-state index contributed by atoms with van der Waals surface area (Å²) in [5.74, 6) is 6.46. The Morgan fingerprint density at radius 1 is 1.17 bits per heavy atom. The van der Waals surface area contributed by atoms with Crippen molar-refractivity contribution in [2.75, 3.05) is 27.2 Å². The molecule has 0 N–H and O–H groups in total. The second-order valence-corrected chi connectivity index (χ2v) is 5.23. The van der Waals surface area contributed by atoms with Crippen LogP contribution in [0, 0.1) is 11.8 Å². The highest BCUT2D eigenvalue weighted by Crippen LogP contribution is 2.00. The van der Waals surface area contributed by atoms with Crippen LogP contribution in [-0.4, -0.2) is 31.7 Å². The topological polar surface area (TPSA) is 0 Å². The van der Waals surface area contributed by atoms with Crippen LogP contribution in [0.15, 0.2) is 42.0 Å². The standard InChI is InChI=1S/C16H22N.ClH/c1-15(2)12-14-17(3,4)13-8-11-16-9-6-5-7-10-16;/h5-7,9-10,12H,13-14H2,1-4H3;1H/q+1;/p-1. The van der Waals surface area contributed by atoms with Crippen molar-refractivity contribution >= 4 is 0 Å². The smallest absolute Gasteiger partial charge is 0.141 e. The van der Waals surface area contributed by atoms with Crippen molar-refractivity contribution in [3.8, 4) is 11.8 Å². The molecule has 0 aliphatic carbocycles. The first-order chi connectivity index (χ1) is 7.99. The summed E-state index contributed by atoms with van der Waals surface area (Å²) in [6.45, 7) is 6.18. The quantitative estimate of drug-likeness (QED) is 0.412. The number of halogens is 1. The predicted molar refractivity (Wildman–Crippen MR) is 74.6 cm³/mol. The maximum atomic E-state index is 3.26. The molecule has 1 aromatic carbocycles. The van der Waals surface area contributed by atoms with Gasteiger partial charge < -0.3 is 16.9 Å². The molecular formula is C16H22ClN. The Labute approximate surface area is 118 Å². The molecule has 1 nitrogen and oxygen atoms in total. The van der Waals surface area contributed by atoms with E-state index >= 15 is 0 Å². The van der Waals surface area contributed by atoms with E-state index in [0.29, 0.717) is 0 Å². The molecule has 0 radical (unpaired) electrons. The van der Waals surface area contributed by atoms with Crippen LogP contribution in [0.25, 0.3) is 0 Å². The van der Waals surface area contributed by atoms with Gasteiger partial charge in [0.25, 0.3) is 0 Å². The molecule has 98 valence electrons. The molecule has 0 aromatic heterocycles. The molecule has 1 aromatic rings. The van der Waals surface area contributed by atoms with E-state index in [1.54, 1.807) is 0 Å². The molecule has 0 aliphatic rings. The minimum atomic E-state index is 0. The fourth-order valence-electron chi connectivity index (χ4n) is 1.37. The molecule has 0 amide bonds. The van der Waals surface area contributed by atoms with E-state index in [-0.39, 0.29) is 12.4 Å². The molecule has 0 atom stereocenters. The molecule has 0 bridgehead atoms. The van der Waals surface area contributed by atoms with Gasteiger partial charge in [-0.25, -0.2) is 0 Å². The Morgan fingerprint density at radius 3 is 2.33 bits per heavy atom. The lowest BCUT2D eigenvalue weighted by atomic mass is 10.2. The summed E-state index contributed by atoms with van der Waals surface area (Å²) >= 11 is 0. The zero-order valence-corrected chi connectivity index (χ0v) is 12.5. The average Bonchev–Trinajstić information content (AvgIpc) is 2.28. The predicted octanol–water partition coefficient (Wildman–Crippen LogP) is 0.0847. The second-order valence-electron chi connectivity index (χ2n) is 5.23. The van der Waals surface area contributed by atoms with Crippen molar-refractivity contribution in [1.29, 1.82) is 0 Å². The van der Waals surface area contributed by atoms with Crippen molar-refractivity contribution in [1.82, 2.24) is 0 Å². The maximum Gasteiger partial charge on any atom is 0.141 e. The number of nitrogens with zero attached hydrogens (tertiary/aromatic N) is 1. The zero-order valence-electron chi connectivity index (χ0n) is 11.7. The SMILES string of the molecule is CC(C)=CC[N+](C)(C)CC#Cc1ccccc1.[Cl-]. The summed E-state index contributed by atoms with van der Waals surface area (Å²) < 4.78 is 0.908. The number of hydrogen-bond donors (Lipinski definition) is 0. The molecule has 0 unspecified atom stereocenters. The Balaban J connectivity index is 0.00000289. The van der Waals surface area contributed by atoms with Gasteiger partial charge in [-0.15, -0.1) is 0 Å². The van der Waals surface area contributed by atoms with Gasteiger partial charge in [0, 0.05) is 5.56 Å². The fourth-order valence-corrected chi connectivity index (χ4v) is 1.37. The van der Waals surface area contributed by atoms with Gasteiger partial charge in [0.15, 0.2) is 0 Å². The van der Waals surface area contributed by atoms with Gasteiger partial charge in [-0.3, -0.25) is 0 Å². The normalized spacial score (nSPS) is 9.78. The average molecular weight is 264 g/mol. The first-order valence-corrected chi connectivity index (χ1v) is 5.99. The zero-order chi connectivity index (χ0) is 12.7. The summed E-state index contributed by atoms with van der Waals surface area (Å²) in [5.41, 5.74) is 2.46. The van der Waals surface area contributed by atoms with Crippen LogP contribution in [0.5, 0.6) is 0 Å². The fraction of sp³-hybridized carbons (Fsp3) is 0.375. The van der Waals surface area contributed by atoms with E-state index in [1.165, 1.54) is 5.57 Å². The Hall–Kier alpha value is -1.23. The van der Waals surface area contributed by atoms with Gasteiger partial charge in [-0.05, 0) is 38.0 Å². The lowest BCUT2D eigenvalue weighted by Gasteiger charge is -2.25. The Kier molecular flexibility index (Phi) is 7.43. The van der Waals surface area contributed by atoms with Crippen molar-refractivity contribution in [2.24, 2.45) is 0 Å². The molecule has 0 saturated heterocycles. The number of rotatable bonds is 3. The number of likely N-dealkylation sites (N-methyl/N-ethyl adjacent to an activating group) is 1. The molecule has 0 spiro atoms. The highest BCUT2D eigenvalue weighted by Gasteiger charge is 2.10. The first-order valence-electron chi connectivity index (χ1n) is 5.99. The third kappa shape index (κ3) is 7.17. The highest BCUT2D eigenvalue weighted by molar-refractivity contribution is 5.33. The van der Waals surface area contributed by atoms with Crippen molar-refractivity contribution in [3.05, 3.63) is 47.5 Å². The third-order valence-corrected chi connectivity index (χ3v) is 2.51. The van der Waals surface area contributed by atoms with Gasteiger partial charge in [-0.2, -0.15) is 0 Å². The molecule has 18 heavy (non-hydrogen) atoms. The van der Waals surface area contributed by atoms with Crippen molar-refractivity contribution in [3.63, 3.8) is 0 Å². The van der Waals surface area contributed by atoms with Crippen molar-refractivity contribution in [2.45, 2.75) is 13.8 Å². The third-order valence-electron chi connectivity index (χ3n) is 2.51. The molecule has 2 heteroatoms. The highest BCUT2D eigenvalue weighted by atomic mass is 35.5. The summed E-state index contributed by atoms with van der Waals surface area (Å²) in [4.78, 5) is 0. The van der Waals surface area contributed by atoms with Crippen LogP contribution < -0.4 is 12.4 Å². The van der Waals surface area contributed by atoms with E-state index in [4.69, 9.17) is 0 Å². The van der Waals surface area contributed by atoms with E-state index < -0.39 is 0 Å². The number of benzene rings is 1. The molecular weight excluding hydrogens is 242 g/mol. The van der Waals surface area contributed by atoms with Gasteiger partial charge >= 0.3 is 0 Å². The number of quaternary nitrogens is 1.